The summed E-state index contributed by atoms with van der Waals surface area (Å²) in [6.45, 7) is 1.51. The second-order valence-corrected chi connectivity index (χ2v) is 9.05. The summed E-state index contributed by atoms with van der Waals surface area (Å²) in [6, 6.07) is 13.4. The number of para-hydroxylation sites is 1. The molecule has 1 N–H and O–H groups in total. The summed E-state index contributed by atoms with van der Waals surface area (Å²) >= 11 is 0. The first kappa shape index (κ1) is 23.2. The fourth-order valence-corrected chi connectivity index (χ4v) is 4.81. The average Bonchev–Trinajstić information content (AvgIpc) is 2.79. The molecule has 0 fully saturated rings. The standard InChI is InChI=1S/C22H28N2O6S/c1-28-15-12-24(13-16-29-2)31(26,27)18-9-7-17(8-10-18)22(25)23-20-11-14-30-21-6-4-3-5-19(20)21/h3-10,20H,11-16H2,1-2H3,(H,23,25)/t20-/m0/s1. The van der Waals surface area contributed by atoms with E-state index in [1.165, 1.54) is 42.8 Å². The zero-order valence-corrected chi connectivity index (χ0v) is 18.6. The molecule has 1 atom stereocenters. The summed E-state index contributed by atoms with van der Waals surface area (Å²) in [4.78, 5) is 12.9. The molecule has 0 unspecified atom stereocenters. The number of ether oxygens (including phenoxy) is 3. The fourth-order valence-electron chi connectivity index (χ4n) is 3.40. The Kier molecular flexibility index (Phi) is 8.03. The molecule has 1 aliphatic heterocycles. The third kappa shape index (κ3) is 5.62. The number of sulfonamides is 1. The Morgan fingerprint density at radius 3 is 2.35 bits per heavy atom. The second-order valence-electron chi connectivity index (χ2n) is 7.12. The molecule has 1 aliphatic rings. The van der Waals surface area contributed by atoms with Gasteiger partial charge in [-0.25, -0.2) is 8.42 Å². The lowest BCUT2D eigenvalue weighted by molar-refractivity contribution is 0.0924. The second kappa shape index (κ2) is 10.7. The normalized spacial score (nSPS) is 15.9. The summed E-state index contributed by atoms with van der Waals surface area (Å²) in [5, 5.41) is 3.02. The minimum absolute atomic E-state index is 0.118. The Hall–Kier alpha value is -2.46. The third-order valence-electron chi connectivity index (χ3n) is 5.11. The minimum Gasteiger partial charge on any atom is -0.493 e. The molecule has 0 saturated heterocycles. The van der Waals surface area contributed by atoms with E-state index in [1.807, 2.05) is 24.3 Å². The van der Waals surface area contributed by atoms with Gasteiger partial charge in [0.15, 0.2) is 0 Å². The number of carbonyl (C=O) groups is 1. The van der Waals surface area contributed by atoms with Gasteiger partial charge in [0, 0.05) is 44.9 Å². The Bertz CT molecular complexity index is 970. The molecule has 31 heavy (non-hydrogen) atoms. The number of fused-ring (bicyclic) bond motifs is 1. The van der Waals surface area contributed by atoms with Crippen LogP contribution in [0.5, 0.6) is 5.75 Å². The van der Waals surface area contributed by atoms with E-state index in [0.717, 1.165) is 11.3 Å². The highest BCUT2D eigenvalue weighted by atomic mass is 32.2. The largest absolute Gasteiger partial charge is 0.493 e. The molecule has 0 spiro atoms. The van der Waals surface area contributed by atoms with Crippen molar-refractivity contribution in [3.8, 4) is 5.75 Å². The monoisotopic (exact) mass is 448 g/mol. The predicted molar refractivity (Wildman–Crippen MR) is 116 cm³/mol. The van der Waals surface area contributed by atoms with Gasteiger partial charge in [-0.3, -0.25) is 4.79 Å². The number of nitrogens with zero attached hydrogens (tertiary/aromatic N) is 1. The van der Waals surface area contributed by atoms with Crippen molar-refractivity contribution in [3.63, 3.8) is 0 Å². The fraction of sp³-hybridized carbons (Fsp3) is 0.409. The number of hydrogen-bond acceptors (Lipinski definition) is 6. The lowest BCUT2D eigenvalue weighted by Gasteiger charge is -2.26. The molecule has 0 aromatic heterocycles. The molecule has 9 heteroatoms. The highest BCUT2D eigenvalue weighted by molar-refractivity contribution is 7.89. The van der Waals surface area contributed by atoms with Crippen molar-refractivity contribution in [2.75, 3.05) is 47.1 Å². The van der Waals surface area contributed by atoms with Crippen molar-refractivity contribution in [1.82, 2.24) is 9.62 Å². The van der Waals surface area contributed by atoms with Crippen LogP contribution in [0.1, 0.15) is 28.4 Å². The number of amides is 1. The van der Waals surface area contributed by atoms with Gasteiger partial charge in [-0.2, -0.15) is 4.31 Å². The molecule has 1 heterocycles. The van der Waals surface area contributed by atoms with Crippen molar-refractivity contribution in [1.29, 1.82) is 0 Å². The van der Waals surface area contributed by atoms with Crippen LogP contribution in [0.3, 0.4) is 0 Å². The topological polar surface area (TPSA) is 94.2 Å². The Labute approximate surface area is 183 Å². The van der Waals surface area contributed by atoms with Gasteiger partial charge >= 0.3 is 0 Å². The van der Waals surface area contributed by atoms with E-state index in [0.29, 0.717) is 18.6 Å². The van der Waals surface area contributed by atoms with Crippen LogP contribution in [0, 0.1) is 0 Å². The molecule has 8 nitrogen and oxygen atoms in total. The van der Waals surface area contributed by atoms with Gasteiger partial charge in [-0.15, -0.1) is 0 Å². The SMILES string of the molecule is COCCN(CCOC)S(=O)(=O)c1ccc(C(=O)N[C@H]2CCOc3ccccc32)cc1. The van der Waals surface area contributed by atoms with Gasteiger partial charge in [0.2, 0.25) is 10.0 Å². The zero-order chi connectivity index (χ0) is 22.3. The average molecular weight is 449 g/mol. The number of nitrogens with one attached hydrogen (secondary N) is 1. The molecule has 0 aliphatic carbocycles. The van der Waals surface area contributed by atoms with E-state index in [1.54, 1.807) is 0 Å². The van der Waals surface area contributed by atoms with E-state index >= 15 is 0 Å². The zero-order valence-electron chi connectivity index (χ0n) is 17.7. The number of methoxy groups -OCH3 is 2. The van der Waals surface area contributed by atoms with Crippen LogP contribution in [0.25, 0.3) is 0 Å². The van der Waals surface area contributed by atoms with Crippen molar-refractivity contribution >= 4 is 15.9 Å². The van der Waals surface area contributed by atoms with Gasteiger partial charge in [0.05, 0.1) is 30.8 Å². The minimum atomic E-state index is -3.73. The van der Waals surface area contributed by atoms with Crippen LogP contribution in [0.15, 0.2) is 53.4 Å². The summed E-state index contributed by atoms with van der Waals surface area (Å²) in [7, 11) is -0.692. The smallest absolute Gasteiger partial charge is 0.251 e. The predicted octanol–water partition coefficient (Wildman–Crippen LogP) is 2.22. The van der Waals surface area contributed by atoms with Gasteiger partial charge in [0.1, 0.15) is 5.75 Å². The maximum atomic E-state index is 13.0. The lowest BCUT2D eigenvalue weighted by atomic mass is 10.00. The number of benzene rings is 2. The van der Waals surface area contributed by atoms with Crippen LogP contribution in [-0.4, -0.2) is 65.8 Å². The molecule has 1 amide bonds. The van der Waals surface area contributed by atoms with Gasteiger partial charge < -0.3 is 19.5 Å². The Morgan fingerprint density at radius 2 is 1.71 bits per heavy atom. The van der Waals surface area contributed by atoms with Crippen LogP contribution in [0.4, 0.5) is 0 Å². The first-order valence-electron chi connectivity index (χ1n) is 10.1. The third-order valence-corrected chi connectivity index (χ3v) is 7.02. The van der Waals surface area contributed by atoms with Crippen LogP contribution in [-0.2, 0) is 19.5 Å². The van der Waals surface area contributed by atoms with E-state index in [2.05, 4.69) is 5.32 Å². The lowest BCUT2D eigenvalue weighted by Crippen LogP contribution is -2.36. The molecule has 0 radical (unpaired) electrons. The number of carbonyl (C=O) groups excluding carboxylic acids is 1. The maximum Gasteiger partial charge on any atom is 0.251 e. The van der Waals surface area contributed by atoms with Crippen molar-refractivity contribution in [2.45, 2.75) is 17.4 Å². The van der Waals surface area contributed by atoms with Gasteiger partial charge in [-0.05, 0) is 30.3 Å². The van der Waals surface area contributed by atoms with E-state index in [-0.39, 0.29) is 43.1 Å². The molecule has 2 aromatic carbocycles. The quantitative estimate of drug-likeness (QED) is 0.599. The maximum absolute atomic E-state index is 13.0. The summed E-state index contributed by atoms with van der Waals surface area (Å²) in [6.07, 6.45) is 0.670. The molecular weight excluding hydrogens is 420 g/mol. The number of hydrogen-bond donors (Lipinski definition) is 1. The molecule has 0 saturated carbocycles. The summed E-state index contributed by atoms with van der Waals surface area (Å²) in [5.41, 5.74) is 1.33. The van der Waals surface area contributed by atoms with Crippen LogP contribution in [0.2, 0.25) is 0 Å². The first-order valence-corrected chi connectivity index (χ1v) is 11.5. The first-order chi connectivity index (χ1) is 15.0. The van der Waals surface area contributed by atoms with Crippen molar-refractivity contribution < 1.29 is 27.4 Å². The van der Waals surface area contributed by atoms with Crippen LogP contribution < -0.4 is 10.1 Å². The number of rotatable bonds is 10. The Morgan fingerprint density at radius 1 is 1.06 bits per heavy atom. The molecular formula is C22H28N2O6S. The van der Waals surface area contributed by atoms with E-state index < -0.39 is 10.0 Å². The highest BCUT2D eigenvalue weighted by Gasteiger charge is 2.26. The molecule has 3 rings (SSSR count). The van der Waals surface area contributed by atoms with Crippen molar-refractivity contribution in [2.24, 2.45) is 0 Å². The molecule has 2 aromatic rings. The summed E-state index contributed by atoms with van der Waals surface area (Å²) in [5.74, 6) is 0.508. The molecule has 0 bridgehead atoms. The van der Waals surface area contributed by atoms with Crippen molar-refractivity contribution in [3.05, 3.63) is 59.7 Å². The van der Waals surface area contributed by atoms with Crippen LogP contribution >= 0.6 is 0 Å². The van der Waals surface area contributed by atoms with E-state index in [9.17, 15) is 13.2 Å². The summed E-state index contributed by atoms with van der Waals surface area (Å²) < 4.78 is 42.9. The highest BCUT2D eigenvalue weighted by Crippen LogP contribution is 2.31. The van der Waals surface area contributed by atoms with Gasteiger partial charge in [0.25, 0.3) is 5.91 Å². The van der Waals surface area contributed by atoms with E-state index in [4.69, 9.17) is 14.2 Å². The van der Waals surface area contributed by atoms with Gasteiger partial charge in [-0.1, -0.05) is 18.2 Å². The Balaban J connectivity index is 1.72. The molecule has 168 valence electrons.